The molecule has 0 saturated heterocycles. The van der Waals surface area contributed by atoms with Crippen molar-refractivity contribution in [2.75, 3.05) is 13.6 Å². The quantitative estimate of drug-likeness (QED) is 0.611. The lowest BCUT2D eigenvalue weighted by atomic mass is 9.87. The van der Waals surface area contributed by atoms with Crippen LogP contribution in [0, 0.1) is 23.0 Å². The number of hydrogen-bond acceptors (Lipinski definition) is 3. The second kappa shape index (κ2) is 7.38. The molecule has 0 spiro atoms. The van der Waals surface area contributed by atoms with Crippen LogP contribution in [0.5, 0.6) is 0 Å². The Bertz CT molecular complexity index is 551. The van der Waals surface area contributed by atoms with Gasteiger partial charge in [-0.3, -0.25) is 14.9 Å². The summed E-state index contributed by atoms with van der Waals surface area (Å²) < 4.78 is 0. The molecule has 0 unspecified atom stereocenters. The van der Waals surface area contributed by atoms with Crippen LogP contribution in [-0.2, 0) is 0 Å². The van der Waals surface area contributed by atoms with E-state index in [4.69, 9.17) is 0 Å². The van der Waals surface area contributed by atoms with Crippen LogP contribution in [0.25, 0.3) is 0 Å². The highest BCUT2D eigenvalue weighted by atomic mass is 16.6. The monoisotopic (exact) mass is 304 g/mol. The summed E-state index contributed by atoms with van der Waals surface area (Å²) in [6.07, 6.45) is 7.47. The smallest absolute Gasteiger partial charge is 0.270 e. The molecule has 1 aliphatic carbocycles. The highest BCUT2D eigenvalue weighted by Gasteiger charge is 2.20. The molecular weight excluding hydrogens is 280 g/mol. The van der Waals surface area contributed by atoms with Crippen LogP contribution in [0.15, 0.2) is 18.2 Å². The number of benzene rings is 1. The molecule has 2 rings (SSSR count). The van der Waals surface area contributed by atoms with Crippen molar-refractivity contribution in [3.8, 4) is 0 Å². The van der Waals surface area contributed by atoms with Crippen LogP contribution in [-0.4, -0.2) is 29.3 Å². The van der Waals surface area contributed by atoms with E-state index in [0.717, 1.165) is 17.9 Å². The fourth-order valence-electron chi connectivity index (χ4n) is 3.11. The average Bonchev–Trinajstić information content (AvgIpc) is 2.53. The van der Waals surface area contributed by atoms with Gasteiger partial charge in [0.25, 0.3) is 11.6 Å². The summed E-state index contributed by atoms with van der Waals surface area (Å²) in [4.78, 5) is 24.6. The number of carbonyl (C=O) groups excluding carboxylic acids is 1. The van der Waals surface area contributed by atoms with Crippen molar-refractivity contribution in [3.05, 3.63) is 39.4 Å². The van der Waals surface area contributed by atoms with Crippen molar-refractivity contribution in [3.63, 3.8) is 0 Å². The summed E-state index contributed by atoms with van der Waals surface area (Å²) in [5.74, 6) is 0.590. The van der Waals surface area contributed by atoms with E-state index in [0.29, 0.717) is 12.1 Å². The van der Waals surface area contributed by atoms with Gasteiger partial charge in [-0.25, -0.2) is 0 Å². The molecule has 5 heteroatoms. The van der Waals surface area contributed by atoms with Crippen LogP contribution in [0.2, 0.25) is 0 Å². The number of aryl methyl sites for hydroxylation is 1. The zero-order valence-corrected chi connectivity index (χ0v) is 13.4. The number of hydrogen-bond donors (Lipinski definition) is 0. The van der Waals surface area contributed by atoms with E-state index in [1.165, 1.54) is 44.2 Å². The first-order valence-electron chi connectivity index (χ1n) is 7.99. The van der Waals surface area contributed by atoms with Crippen LogP contribution >= 0.6 is 0 Å². The molecule has 22 heavy (non-hydrogen) atoms. The highest BCUT2D eigenvalue weighted by Crippen LogP contribution is 2.26. The summed E-state index contributed by atoms with van der Waals surface area (Å²) in [6, 6.07) is 4.46. The van der Waals surface area contributed by atoms with E-state index in [2.05, 4.69) is 0 Å². The summed E-state index contributed by atoms with van der Waals surface area (Å²) in [7, 11) is 1.78. The van der Waals surface area contributed by atoms with Crippen LogP contribution in [0.4, 0.5) is 5.69 Å². The Hall–Kier alpha value is -1.91. The van der Waals surface area contributed by atoms with Gasteiger partial charge in [0.1, 0.15) is 0 Å². The zero-order chi connectivity index (χ0) is 16.1. The van der Waals surface area contributed by atoms with Crippen LogP contribution in [0.1, 0.15) is 54.4 Å². The first-order valence-corrected chi connectivity index (χ1v) is 7.99. The van der Waals surface area contributed by atoms with E-state index < -0.39 is 4.92 Å². The second-order valence-corrected chi connectivity index (χ2v) is 6.28. The topological polar surface area (TPSA) is 63.5 Å². The van der Waals surface area contributed by atoms with Gasteiger partial charge in [0.05, 0.1) is 4.92 Å². The van der Waals surface area contributed by atoms with Crippen molar-refractivity contribution in [2.45, 2.75) is 45.4 Å². The lowest BCUT2D eigenvalue weighted by Crippen LogP contribution is -2.29. The summed E-state index contributed by atoms with van der Waals surface area (Å²) >= 11 is 0. The van der Waals surface area contributed by atoms with E-state index in [9.17, 15) is 14.9 Å². The predicted molar refractivity (Wildman–Crippen MR) is 86.0 cm³/mol. The molecule has 0 aromatic heterocycles. The Morgan fingerprint density at radius 1 is 1.32 bits per heavy atom. The minimum atomic E-state index is -0.460. The molecule has 0 heterocycles. The third-order valence-corrected chi connectivity index (χ3v) is 4.61. The van der Waals surface area contributed by atoms with Gasteiger partial charge in [0, 0.05) is 31.3 Å². The third kappa shape index (κ3) is 4.06. The largest absolute Gasteiger partial charge is 0.342 e. The second-order valence-electron chi connectivity index (χ2n) is 6.28. The summed E-state index contributed by atoms with van der Waals surface area (Å²) in [5, 5.41) is 10.9. The molecule has 0 N–H and O–H groups in total. The van der Waals surface area contributed by atoms with Gasteiger partial charge in [-0.15, -0.1) is 0 Å². The van der Waals surface area contributed by atoms with Gasteiger partial charge >= 0.3 is 0 Å². The molecule has 5 nitrogen and oxygen atoms in total. The summed E-state index contributed by atoms with van der Waals surface area (Å²) in [6.45, 7) is 2.53. The summed E-state index contributed by atoms with van der Waals surface area (Å²) in [5.41, 5.74) is 1.18. The minimum Gasteiger partial charge on any atom is -0.342 e. The Kier molecular flexibility index (Phi) is 5.52. The molecule has 1 fully saturated rings. The van der Waals surface area contributed by atoms with Gasteiger partial charge in [-0.2, -0.15) is 0 Å². The molecule has 1 saturated carbocycles. The molecule has 1 amide bonds. The van der Waals surface area contributed by atoms with Gasteiger partial charge in [-0.05, 0) is 24.8 Å². The maximum atomic E-state index is 12.5. The lowest BCUT2D eigenvalue weighted by Gasteiger charge is -2.25. The Balaban J connectivity index is 2.00. The van der Waals surface area contributed by atoms with Gasteiger partial charge in [0.2, 0.25) is 0 Å². The van der Waals surface area contributed by atoms with E-state index in [1.54, 1.807) is 18.0 Å². The molecule has 0 atom stereocenters. The normalized spacial score (nSPS) is 15.5. The number of rotatable bonds is 5. The zero-order valence-electron chi connectivity index (χ0n) is 13.4. The predicted octanol–water partition coefficient (Wildman–Crippen LogP) is 3.95. The molecule has 0 radical (unpaired) electrons. The van der Waals surface area contributed by atoms with E-state index in [-0.39, 0.29) is 11.6 Å². The maximum absolute atomic E-state index is 12.5. The number of nitrogens with zero attached hydrogens (tertiary/aromatic N) is 2. The molecule has 1 aliphatic rings. The van der Waals surface area contributed by atoms with Crippen molar-refractivity contribution in [2.24, 2.45) is 5.92 Å². The number of amides is 1. The molecular formula is C17H24N2O3. The van der Waals surface area contributed by atoms with Gasteiger partial charge in [-0.1, -0.05) is 38.2 Å². The van der Waals surface area contributed by atoms with Crippen LogP contribution in [0.3, 0.4) is 0 Å². The Labute approximate surface area is 131 Å². The number of carbonyl (C=O) groups is 1. The van der Waals surface area contributed by atoms with E-state index >= 15 is 0 Å². The Morgan fingerprint density at radius 3 is 2.64 bits per heavy atom. The van der Waals surface area contributed by atoms with Crippen molar-refractivity contribution in [1.29, 1.82) is 0 Å². The molecule has 0 aliphatic heterocycles. The molecule has 1 aromatic rings. The molecule has 0 bridgehead atoms. The van der Waals surface area contributed by atoms with Crippen LogP contribution < -0.4 is 0 Å². The average molecular weight is 304 g/mol. The first-order chi connectivity index (χ1) is 10.5. The van der Waals surface area contributed by atoms with E-state index in [1.807, 2.05) is 6.92 Å². The number of nitro groups is 1. The Morgan fingerprint density at radius 2 is 2.00 bits per heavy atom. The first kappa shape index (κ1) is 16.5. The maximum Gasteiger partial charge on any atom is 0.270 e. The standard InChI is InChI=1S/C17H24N2O3/c1-13-8-9-15(19(21)22)12-16(13)17(20)18(2)11-10-14-6-4-3-5-7-14/h8-9,12,14H,3-7,10-11H2,1-2H3. The third-order valence-electron chi connectivity index (χ3n) is 4.61. The van der Waals surface area contributed by atoms with Crippen molar-refractivity contribution < 1.29 is 9.72 Å². The fraction of sp³-hybridized carbons (Fsp3) is 0.588. The fourth-order valence-corrected chi connectivity index (χ4v) is 3.11. The lowest BCUT2D eigenvalue weighted by molar-refractivity contribution is -0.384. The minimum absolute atomic E-state index is 0.0327. The van der Waals surface area contributed by atoms with Gasteiger partial charge < -0.3 is 4.90 Å². The van der Waals surface area contributed by atoms with Crippen molar-refractivity contribution in [1.82, 2.24) is 4.90 Å². The molecule has 1 aromatic carbocycles. The number of nitro benzene ring substituents is 1. The number of non-ortho nitro benzene ring substituents is 1. The highest BCUT2D eigenvalue weighted by molar-refractivity contribution is 5.96. The van der Waals surface area contributed by atoms with Crippen molar-refractivity contribution >= 4 is 11.6 Å². The molecule has 120 valence electrons. The SMILES string of the molecule is Cc1ccc([N+](=O)[O-])cc1C(=O)N(C)CCC1CCCCC1. The van der Waals surface area contributed by atoms with Gasteiger partial charge in [0.15, 0.2) is 0 Å².